The summed E-state index contributed by atoms with van der Waals surface area (Å²) in [4.78, 5) is 2.21. The van der Waals surface area contributed by atoms with Crippen LogP contribution >= 0.6 is 27.3 Å². The second-order valence-electron chi connectivity index (χ2n) is 4.87. The lowest BCUT2D eigenvalue weighted by Crippen LogP contribution is -2.00. The number of fused-ring (bicyclic) bond motifs is 1. The molecule has 0 saturated heterocycles. The molecule has 1 N–H and O–H groups in total. The van der Waals surface area contributed by atoms with E-state index in [2.05, 4.69) is 15.9 Å². The number of hydrogen-bond acceptors (Lipinski definition) is 2. The molecule has 100 valence electrons. The van der Waals surface area contributed by atoms with E-state index in [0.717, 1.165) is 22.2 Å². The summed E-state index contributed by atoms with van der Waals surface area (Å²) in [6.45, 7) is 0. The van der Waals surface area contributed by atoms with Crippen LogP contribution < -0.4 is 0 Å². The number of benzene rings is 1. The largest absolute Gasteiger partial charge is 0.383 e. The van der Waals surface area contributed by atoms with Crippen molar-refractivity contribution in [1.29, 1.82) is 0 Å². The fourth-order valence-corrected chi connectivity index (χ4v) is 4.17. The van der Waals surface area contributed by atoms with Crippen molar-refractivity contribution >= 4 is 27.3 Å². The maximum absolute atomic E-state index is 13.8. The van der Waals surface area contributed by atoms with Crippen molar-refractivity contribution in [3.63, 3.8) is 0 Å². The lowest BCUT2D eigenvalue weighted by Gasteiger charge is -2.10. The van der Waals surface area contributed by atoms with Gasteiger partial charge in [0.2, 0.25) is 0 Å². The minimum Gasteiger partial charge on any atom is -0.383 e. The van der Waals surface area contributed by atoms with E-state index < -0.39 is 6.10 Å². The van der Waals surface area contributed by atoms with Crippen LogP contribution in [0.3, 0.4) is 0 Å². The molecule has 1 unspecified atom stereocenters. The Labute approximate surface area is 124 Å². The van der Waals surface area contributed by atoms with Crippen molar-refractivity contribution in [2.24, 2.45) is 0 Å². The Balaban J connectivity index is 1.97. The standard InChI is InChI=1S/C15H14BrFOS/c16-10-5-6-12(17)11(8-10)15(18)14-7-9-3-1-2-4-13(9)19-14/h5-8,15,18H,1-4H2. The average molecular weight is 341 g/mol. The molecule has 3 rings (SSSR count). The fraction of sp³-hybridized carbons (Fsp3) is 0.333. The van der Waals surface area contributed by atoms with Crippen LogP contribution in [0.2, 0.25) is 0 Å². The molecule has 19 heavy (non-hydrogen) atoms. The molecular weight excluding hydrogens is 327 g/mol. The molecular formula is C15H14BrFOS. The minimum absolute atomic E-state index is 0.341. The molecule has 0 amide bonds. The zero-order valence-electron chi connectivity index (χ0n) is 10.3. The molecule has 0 fully saturated rings. The van der Waals surface area contributed by atoms with Gasteiger partial charge in [-0.15, -0.1) is 11.3 Å². The predicted octanol–water partition coefficient (Wildman–Crippen LogP) is 4.61. The van der Waals surface area contributed by atoms with Crippen molar-refractivity contribution in [2.45, 2.75) is 31.8 Å². The highest BCUT2D eigenvalue weighted by Gasteiger charge is 2.21. The average Bonchev–Trinajstić information content (AvgIpc) is 2.84. The third-order valence-corrected chi connectivity index (χ3v) is 5.32. The monoisotopic (exact) mass is 340 g/mol. The van der Waals surface area contributed by atoms with Gasteiger partial charge in [0.25, 0.3) is 0 Å². The number of hydrogen-bond donors (Lipinski definition) is 1. The van der Waals surface area contributed by atoms with Crippen LogP contribution in [-0.2, 0) is 12.8 Å². The smallest absolute Gasteiger partial charge is 0.129 e. The number of rotatable bonds is 2. The molecule has 0 spiro atoms. The molecule has 0 radical (unpaired) electrons. The second kappa shape index (κ2) is 5.35. The minimum atomic E-state index is -0.867. The highest BCUT2D eigenvalue weighted by molar-refractivity contribution is 9.10. The molecule has 1 nitrogen and oxygen atoms in total. The molecule has 1 atom stereocenters. The Morgan fingerprint density at radius 2 is 2.00 bits per heavy atom. The van der Waals surface area contributed by atoms with Gasteiger partial charge in [-0.3, -0.25) is 0 Å². The van der Waals surface area contributed by atoms with Crippen molar-refractivity contribution < 1.29 is 9.50 Å². The maximum atomic E-state index is 13.8. The van der Waals surface area contributed by atoms with Crippen LogP contribution in [-0.4, -0.2) is 5.11 Å². The summed E-state index contributed by atoms with van der Waals surface area (Å²) in [7, 11) is 0. The molecule has 1 aromatic carbocycles. The molecule has 1 aliphatic carbocycles. The Hall–Kier alpha value is -0.710. The van der Waals surface area contributed by atoms with Gasteiger partial charge in [-0.2, -0.15) is 0 Å². The number of thiophene rings is 1. The van der Waals surface area contributed by atoms with E-state index in [1.807, 2.05) is 6.07 Å². The molecule has 0 bridgehead atoms. The summed E-state index contributed by atoms with van der Waals surface area (Å²) in [5, 5.41) is 10.4. The first-order chi connectivity index (χ1) is 9.15. The first-order valence-corrected chi connectivity index (χ1v) is 8.00. The van der Waals surface area contributed by atoms with Gasteiger partial charge >= 0.3 is 0 Å². The van der Waals surface area contributed by atoms with Crippen molar-refractivity contribution in [3.8, 4) is 0 Å². The van der Waals surface area contributed by atoms with Gasteiger partial charge in [-0.1, -0.05) is 15.9 Å². The molecule has 1 aromatic heterocycles. The number of halogens is 2. The highest BCUT2D eigenvalue weighted by Crippen LogP contribution is 2.36. The van der Waals surface area contributed by atoms with Gasteiger partial charge in [0, 0.05) is 19.8 Å². The molecule has 0 saturated carbocycles. The van der Waals surface area contributed by atoms with E-state index in [4.69, 9.17) is 0 Å². The summed E-state index contributed by atoms with van der Waals surface area (Å²) in [5.41, 5.74) is 1.67. The maximum Gasteiger partial charge on any atom is 0.129 e. The van der Waals surface area contributed by atoms with Crippen LogP contribution in [0.4, 0.5) is 4.39 Å². The summed E-state index contributed by atoms with van der Waals surface area (Å²) in [6, 6.07) is 6.73. The number of aliphatic hydroxyl groups is 1. The predicted molar refractivity (Wildman–Crippen MR) is 79.1 cm³/mol. The van der Waals surface area contributed by atoms with Crippen LogP contribution in [0.25, 0.3) is 0 Å². The quantitative estimate of drug-likeness (QED) is 0.846. The Kier molecular flexibility index (Phi) is 3.74. The van der Waals surface area contributed by atoms with Crippen molar-refractivity contribution in [3.05, 3.63) is 55.4 Å². The van der Waals surface area contributed by atoms with Gasteiger partial charge < -0.3 is 5.11 Å². The zero-order chi connectivity index (χ0) is 13.4. The van der Waals surface area contributed by atoms with Gasteiger partial charge in [-0.25, -0.2) is 4.39 Å². The first kappa shape index (κ1) is 13.3. The van der Waals surface area contributed by atoms with Crippen LogP contribution in [0.15, 0.2) is 28.7 Å². The van der Waals surface area contributed by atoms with E-state index in [1.165, 1.54) is 29.3 Å². The van der Waals surface area contributed by atoms with E-state index in [-0.39, 0.29) is 5.82 Å². The van der Waals surface area contributed by atoms with Crippen LogP contribution in [0.5, 0.6) is 0 Å². The lowest BCUT2D eigenvalue weighted by molar-refractivity contribution is 0.218. The molecule has 4 heteroatoms. The van der Waals surface area contributed by atoms with Gasteiger partial charge in [-0.05, 0) is 55.5 Å². The third kappa shape index (κ3) is 2.62. The van der Waals surface area contributed by atoms with Crippen molar-refractivity contribution in [2.75, 3.05) is 0 Å². The molecule has 0 aliphatic heterocycles. The normalized spacial score (nSPS) is 16.2. The van der Waals surface area contributed by atoms with Gasteiger partial charge in [0.15, 0.2) is 0 Å². The summed E-state index contributed by atoms with van der Waals surface area (Å²) >= 11 is 4.94. The highest BCUT2D eigenvalue weighted by atomic mass is 79.9. The van der Waals surface area contributed by atoms with Crippen LogP contribution in [0, 0.1) is 5.82 Å². The number of aryl methyl sites for hydroxylation is 2. The number of aliphatic hydroxyl groups excluding tert-OH is 1. The van der Waals surface area contributed by atoms with Gasteiger partial charge in [0.1, 0.15) is 11.9 Å². The first-order valence-electron chi connectivity index (χ1n) is 6.39. The van der Waals surface area contributed by atoms with Crippen LogP contribution in [0.1, 0.15) is 39.8 Å². The SMILES string of the molecule is OC(c1cc2c(s1)CCCC2)c1cc(Br)ccc1F. The molecule has 2 aromatic rings. The Morgan fingerprint density at radius 1 is 1.21 bits per heavy atom. The Morgan fingerprint density at radius 3 is 2.79 bits per heavy atom. The summed E-state index contributed by atoms with van der Waals surface area (Å²) in [6.07, 6.45) is 3.74. The van der Waals surface area contributed by atoms with E-state index in [1.54, 1.807) is 23.5 Å². The lowest BCUT2D eigenvalue weighted by atomic mass is 9.98. The third-order valence-electron chi connectivity index (χ3n) is 3.54. The molecule has 1 heterocycles. The van der Waals surface area contributed by atoms with Gasteiger partial charge in [0.05, 0.1) is 0 Å². The zero-order valence-corrected chi connectivity index (χ0v) is 12.7. The fourth-order valence-electron chi connectivity index (χ4n) is 2.53. The Bertz CT molecular complexity index is 585. The summed E-state index contributed by atoms with van der Waals surface area (Å²) < 4.78 is 14.6. The van der Waals surface area contributed by atoms with E-state index >= 15 is 0 Å². The second-order valence-corrected chi connectivity index (χ2v) is 6.96. The topological polar surface area (TPSA) is 20.2 Å². The van der Waals surface area contributed by atoms with E-state index in [0.29, 0.717) is 5.56 Å². The van der Waals surface area contributed by atoms with Crippen molar-refractivity contribution in [1.82, 2.24) is 0 Å². The molecule has 1 aliphatic rings. The summed E-state index contributed by atoms with van der Waals surface area (Å²) in [5.74, 6) is -0.359. The van der Waals surface area contributed by atoms with E-state index in [9.17, 15) is 9.50 Å².